The molecule has 5 N–H and O–H groups in total. The van der Waals surface area contributed by atoms with Crippen LogP contribution in [0.5, 0.6) is 5.75 Å². The predicted molar refractivity (Wildman–Crippen MR) is 69.6 cm³/mol. The molecule has 2 amide bonds. The lowest BCUT2D eigenvalue weighted by Gasteiger charge is -2.12. The van der Waals surface area contributed by atoms with Crippen LogP contribution in [0.15, 0.2) is 24.3 Å². The molecule has 0 heterocycles. The molecule has 0 radical (unpaired) electrons. The van der Waals surface area contributed by atoms with E-state index in [2.05, 4.69) is 5.32 Å². The van der Waals surface area contributed by atoms with Crippen molar-refractivity contribution in [3.8, 4) is 5.75 Å². The van der Waals surface area contributed by atoms with Gasteiger partial charge in [0.25, 0.3) is 5.91 Å². The highest BCUT2D eigenvalue weighted by atomic mass is 16.5. The average Bonchev–Trinajstić information content (AvgIpc) is 2.37. The Morgan fingerprint density at radius 3 is 2.79 bits per heavy atom. The number of nitrogens with two attached hydrogens (primary N) is 2. The number of amides is 2. The standard InChI is InChI=1S/C12H17N3O4/c1-18-6-10(13)12(17)15-8-3-2-4-9(5-8)19-7-11(14)16/h2-5,10H,6-7,13H2,1H3,(H2,14,16)(H,15,17). The van der Waals surface area contributed by atoms with E-state index in [-0.39, 0.29) is 19.1 Å². The number of primary amides is 1. The molecule has 0 saturated carbocycles. The van der Waals surface area contributed by atoms with E-state index in [0.717, 1.165) is 0 Å². The summed E-state index contributed by atoms with van der Waals surface area (Å²) in [6, 6.07) is 5.82. The highest BCUT2D eigenvalue weighted by Gasteiger charge is 2.13. The molecule has 0 fully saturated rings. The molecule has 1 atom stereocenters. The van der Waals surface area contributed by atoms with Gasteiger partial charge in [-0.1, -0.05) is 6.07 Å². The van der Waals surface area contributed by atoms with Gasteiger partial charge >= 0.3 is 0 Å². The minimum atomic E-state index is -0.750. The van der Waals surface area contributed by atoms with E-state index in [4.69, 9.17) is 20.9 Å². The van der Waals surface area contributed by atoms with E-state index < -0.39 is 11.9 Å². The summed E-state index contributed by atoms with van der Waals surface area (Å²) in [5.41, 5.74) is 11.1. The number of carbonyl (C=O) groups is 2. The fraction of sp³-hybridized carbons (Fsp3) is 0.333. The van der Waals surface area contributed by atoms with Crippen LogP contribution >= 0.6 is 0 Å². The molecule has 0 aliphatic heterocycles. The number of methoxy groups -OCH3 is 1. The second-order valence-electron chi connectivity index (χ2n) is 3.83. The van der Waals surface area contributed by atoms with Crippen LogP contribution in [0.1, 0.15) is 0 Å². The molecule has 7 heteroatoms. The Morgan fingerprint density at radius 2 is 2.16 bits per heavy atom. The Bertz CT molecular complexity index is 450. The van der Waals surface area contributed by atoms with Crippen LogP contribution in [0.2, 0.25) is 0 Å². The fourth-order valence-electron chi connectivity index (χ4n) is 1.31. The number of benzene rings is 1. The number of ether oxygens (including phenoxy) is 2. The number of nitrogens with one attached hydrogen (secondary N) is 1. The summed E-state index contributed by atoms with van der Waals surface area (Å²) in [5.74, 6) is -0.512. The van der Waals surface area contributed by atoms with Crippen molar-refractivity contribution in [2.24, 2.45) is 11.5 Å². The van der Waals surface area contributed by atoms with Crippen LogP contribution in [0.4, 0.5) is 5.69 Å². The van der Waals surface area contributed by atoms with Gasteiger partial charge in [0.1, 0.15) is 11.8 Å². The Hall–Kier alpha value is -2.12. The van der Waals surface area contributed by atoms with Crippen molar-refractivity contribution in [3.63, 3.8) is 0 Å². The van der Waals surface area contributed by atoms with Gasteiger partial charge in [-0.05, 0) is 12.1 Å². The van der Waals surface area contributed by atoms with Crippen LogP contribution in [0.25, 0.3) is 0 Å². The molecule has 0 aliphatic carbocycles. The largest absolute Gasteiger partial charge is 0.484 e. The summed E-state index contributed by atoms with van der Waals surface area (Å²) in [6.07, 6.45) is 0. The van der Waals surface area contributed by atoms with Crippen LogP contribution in [0, 0.1) is 0 Å². The Morgan fingerprint density at radius 1 is 1.42 bits per heavy atom. The fourth-order valence-corrected chi connectivity index (χ4v) is 1.31. The second-order valence-corrected chi connectivity index (χ2v) is 3.83. The minimum absolute atomic E-state index is 0.129. The van der Waals surface area contributed by atoms with Crippen LogP contribution in [0.3, 0.4) is 0 Å². The molecular formula is C12H17N3O4. The Kier molecular flexibility index (Phi) is 5.77. The van der Waals surface area contributed by atoms with Crippen molar-refractivity contribution in [3.05, 3.63) is 24.3 Å². The zero-order chi connectivity index (χ0) is 14.3. The molecular weight excluding hydrogens is 250 g/mol. The zero-order valence-corrected chi connectivity index (χ0v) is 10.6. The van der Waals surface area contributed by atoms with Crippen LogP contribution in [-0.4, -0.2) is 38.2 Å². The first kappa shape index (κ1) is 14.9. The molecule has 7 nitrogen and oxygen atoms in total. The maximum Gasteiger partial charge on any atom is 0.255 e. The van der Waals surface area contributed by atoms with Crippen LogP contribution in [-0.2, 0) is 14.3 Å². The molecule has 0 aliphatic rings. The van der Waals surface area contributed by atoms with Gasteiger partial charge in [0, 0.05) is 18.9 Å². The van der Waals surface area contributed by atoms with E-state index in [1.165, 1.54) is 7.11 Å². The van der Waals surface area contributed by atoms with Gasteiger partial charge in [-0.3, -0.25) is 9.59 Å². The van der Waals surface area contributed by atoms with Crippen molar-refractivity contribution in [2.45, 2.75) is 6.04 Å². The lowest BCUT2D eigenvalue weighted by molar-refractivity contribution is -0.120. The summed E-state index contributed by atoms with van der Waals surface area (Å²) in [7, 11) is 1.46. The molecule has 0 spiro atoms. The molecule has 1 aromatic rings. The van der Waals surface area contributed by atoms with Gasteiger partial charge in [-0.2, -0.15) is 0 Å². The third-order valence-corrected chi connectivity index (χ3v) is 2.17. The van der Waals surface area contributed by atoms with E-state index in [0.29, 0.717) is 11.4 Å². The van der Waals surface area contributed by atoms with Gasteiger partial charge in [0.2, 0.25) is 5.91 Å². The van der Waals surface area contributed by atoms with E-state index in [1.54, 1.807) is 24.3 Å². The molecule has 0 saturated heterocycles. The topological polar surface area (TPSA) is 117 Å². The maximum atomic E-state index is 11.6. The average molecular weight is 267 g/mol. The highest BCUT2D eigenvalue weighted by Crippen LogP contribution is 2.17. The van der Waals surface area contributed by atoms with Crippen LogP contribution < -0.4 is 21.5 Å². The number of rotatable bonds is 7. The van der Waals surface area contributed by atoms with Gasteiger partial charge in [0.05, 0.1) is 6.61 Å². The number of hydrogen-bond donors (Lipinski definition) is 3. The summed E-state index contributed by atoms with van der Waals surface area (Å²) in [6.45, 7) is -0.0930. The SMILES string of the molecule is COCC(N)C(=O)Nc1cccc(OCC(N)=O)c1. The third-order valence-electron chi connectivity index (χ3n) is 2.17. The lowest BCUT2D eigenvalue weighted by Crippen LogP contribution is -2.39. The first-order valence-corrected chi connectivity index (χ1v) is 5.59. The summed E-state index contributed by atoms with van der Waals surface area (Å²) in [5, 5.41) is 2.61. The molecule has 1 unspecified atom stereocenters. The first-order valence-electron chi connectivity index (χ1n) is 5.59. The molecule has 1 rings (SSSR count). The minimum Gasteiger partial charge on any atom is -0.484 e. The van der Waals surface area contributed by atoms with Gasteiger partial charge < -0.3 is 26.3 Å². The van der Waals surface area contributed by atoms with Crippen molar-refractivity contribution < 1.29 is 19.1 Å². The second kappa shape index (κ2) is 7.34. The monoisotopic (exact) mass is 267 g/mol. The van der Waals surface area contributed by atoms with Gasteiger partial charge in [-0.15, -0.1) is 0 Å². The molecule has 1 aromatic carbocycles. The first-order chi connectivity index (χ1) is 9.02. The Balaban J connectivity index is 2.61. The molecule has 19 heavy (non-hydrogen) atoms. The van der Waals surface area contributed by atoms with Gasteiger partial charge in [-0.25, -0.2) is 0 Å². The Labute approximate surface area is 110 Å². The van der Waals surface area contributed by atoms with E-state index in [1.807, 2.05) is 0 Å². The highest BCUT2D eigenvalue weighted by molar-refractivity contribution is 5.94. The quantitative estimate of drug-likeness (QED) is 0.613. The number of hydrogen-bond acceptors (Lipinski definition) is 5. The van der Waals surface area contributed by atoms with Gasteiger partial charge in [0.15, 0.2) is 6.61 Å². The lowest BCUT2D eigenvalue weighted by atomic mass is 10.2. The normalized spacial score (nSPS) is 11.7. The zero-order valence-electron chi connectivity index (χ0n) is 10.6. The van der Waals surface area contributed by atoms with Crippen molar-refractivity contribution in [1.82, 2.24) is 0 Å². The van der Waals surface area contributed by atoms with E-state index in [9.17, 15) is 9.59 Å². The summed E-state index contributed by atoms with van der Waals surface area (Å²) in [4.78, 5) is 22.2. The molecule has 0 bridgehead atoms. The predicted octanol–water partition coefficient (Wildman–Crippen LogP) is -0.537. The smallest absolute Gasteiger partial charge is 0.255 e. The maximum absolute atomic E-state index is 11.6. The molecule has 0 aromatic heterocycles. The molecule has 104 valence electrons. The summed E-state index contributed by atoms with van der Waals surface area (Å²) < 4.78 is 9.91. The van der Waals surface area contributed by atoms with Crippen molar-refractivity contribution >= 4 is 17.5 Å². The number of anilines is 1. The summed E-state index contributed by atoms with van der Waals surface area (Å²) >= 11 is 0. The third kappa shape index (κ3) is 5.36. The number of carbonyl (C=O) groups excluding carboxylic acids is 2. The van der Waals surface area contributed by atoms with Crippen molar-refractivity contribution in [1.29, 1.82) is 0 Å². The van der Waals surface area contributed by atoms with Crippen molar-refractivity contribution in [2.75, 3.05) is 25.6 Å². The van der Waals surface area contributed by atoms with E-state index >= 15 is 0 Å².